The van der Waals surface area contributed by atoms with E-state index in [2.05, 4.69) is 19.2 Å². The number of nitrogens with one attached hydrogen (secondary N) is 1. The summed E-state index contributed by atoms with van der Waals surface area (Å²) in [5, 5.41) is 13.7. The molecule has 0 radical (unpaired) electrons. The molecule has 0 amide bonds. The van der Waals surface area contributed by atoms with Crippen LogP contribution >= 0.6 is 0 Å². The largest absolute Gasteiger partial charge is 0.433 e. The van der Waals surface area contributed by atoms with Gasteiger partial charge in [0.1, 0.15) is 10.7 Å². The maximum absolute atomic E-state index is 10.5. The lowest BCUT2D eigenvalue weighted by atomic mass is 9.99. The van der Waals surface area contributed by atoms with E-state index in [1.54, 1.807) is 6.07 Å². The van der Waals surface area contributed by atoms with Gasteiger partial charge in [-0.05, 0) is 24.9 Å². The highest BCUT2D eigenvalue weighted by Gasteiger charge is 2.12. The quantitative estimate of drug-likeness (QED) is 0.541. The van der Waals surface area contributed by atoms with Gasteiger partial charge in [-0.15, -0.1) is 0 Å². The molecule has 1 aromatic heterocycles. The van der Waals surface area contributed by atoms with Crippen LogP contribution in [0.4, 0.5) is 5.88 Å². The Labute approximate surface area is 108 Å². The normalized spacial score (nSPS) is 12.6. The summed E-state index contributed by atoms with van der Waals surface area (Å²) >= 11 is 0. The van der Waals surface area contributed by atoms with Gasteiger partial charge in [-0.2, -0.15) is 0 Å². The van der Waals surface area contributed by atoms with Crippen LogP contribution in [0.2, 0.25) is 0 Å². The van der Waals surface area contributed by atoms with E-state index in [0.29, 0.717) is 18.2 Å². The van der Waals surface area contributed by atoms with E-state index in [1.165, 1.54) is 25.3 Å². The highest BCUT2D eigenvalue weighted by atomic mass is 16.6. The molecular weight excluding hydrogens is 232 g/mol. The van der Waals surface area contributed by atoms with Crippen LogP contribution in [-0.4, -0.2) is 11.5 Å². The Hall–Kier alpha value is -1.36. The van der Waals surface area contributed by atoms with Gasteiger partial charge < -0.3 is 9.73 Å². The molecule has 0 saturated carbocycles. The van der Waals surface area contributed by atoms with E-state index in [0.717, 1.165) is 13.0 Å². The number of hydrogen-bond donors (Lipinski definition) is 1. The standard InChI is InChI=1S/C13H22N2O3/c1-3-5-6-11(4-2)9-14-10-12-7-8-13(18-12)15(16)17/h7-8,11,14H,3-6,9-10H2,1-2H3. The molecule has 0 saturated heterocycles. The van der Waals surface area contributed by atoms with Gasteiger partial charge in [0.15, 0.2) is 0 Å². The molecule has 5 heteroatoms. The lowest BCUT2D eigenvalue weighted by Crippen LogP contribution is -2.21. The maximum Gasteiger partial charge on any atom is 0.433 e. The first-order chi connectivity index (χ1) is 8.67. The van der Waals surface area contributed by atoms with Crippen molar-refractivity contribution in [2.45, 2.75) is 46.1 Å². The number of nitro groups is 1. The van der Waals surface area contributed by atoms with E-state index in [-0.39, 0.29) is 5.88 Å². The van der Waals surface area contributed by atoms with Crippen molar-refractivity contribution in [3.63, 3.8) is 0 Å². The molecule has 1 rings (SSSR count). The molecule has 1 N–H and O–H groups in total. The van der Waals surface area contributed by atoms with E-state index < -0.39 is 4.92 Å². The molecule has 102 valence electrons. The Bertz CT molecular complexity index is 363. The fourth-order valence-electron chi connectivity index (χ4n) is 1.90. The molecule has 0 aliphatic rings. The zero-order chi connectivity index (χ0) is 13.4. The third kappa shape index (κ3) is 4.87. The van der Waals surface area contributed by atoms with Crippen molar-refractivity contribution in [3.8, 4) is 0 Å². The summed E-state index contributed by atoms with van der Waals surface area (Å²) in [6.07, 6.45) is 4.87. The average Bonchev–Trinajstić information content (AvgIpc) is 2.82. The van der Waals surface area contributed by atoms with Crippen molar-refractivity contribution in [2.24, 2.45) is 5.92 Å². The van der Waals surface area contributed by atoms with Crippen molar-refractivity contribution in [1.82, 2.24) is 5.32 Å². The summed E-state index contributed by atoms with van der Waals surface area (Å²) in [4.78, 5) is 9.94. The van der Waals surface area contributed by atoms with Gasteiger partial charge in [-0.3, -0.25) is 10.1 Å². The van der Waals surface area contributed by atoms with Crippen LogP contribution in [0.3, 0.4) is 0 Å². The molecule has 1 atom stereocenters. The van der Waals surface area contributed by atoms with Crippen LogP contribution in [0.15, 0.2) is 16.5 Å². The van der Waals surface area contributed by atoms with Crippen LogP contribution in [-0.2, 0) is 6.54 Å². The predicted molar refractivity (Wildman–Crippen MR) is 70.4 cm³/mol. The van der Waals surface area contributed by atoms with Gasteiger partial charge in [0.2, 0.25) is 0 Å². The van der Waals surface area contributed by atoms with E-state index >= 15 is 0 Å². The Morgan fingerprint density at radius 3 is 2.78 bits per heavy atom. The minimum Gasteiger partial charge on any atom is -0.404 e. The van der Waals surface area contributed by atoms with Gasteiger partial charge in [0, 0.05) is 0 Å². The highest BCUT2D eigenvalue weighted by molar-refractivity contribution is 5.17. The first-order valence-electron chi connectivity index (χ1n) is 6.61. The molecule has 0 bridgehead atoms. The first kappa shape index (κ1) is 14.7. The van der Waals surface area contributed by atoms with Crippen LogP contribution < -0.4 is 5.32 Å². The lowest BCUT2D eigenvalue weighted by molar-refractivity contribution is -0.402. The summed E-state index contributed by atoms with van der Waals surface area (Å²) in [7, 11) is 0. The fraction of sp³-hybridized carbons (Fsp3) is 0.692. The Morgan fingerprint density at radius 1 is 1.44 bits per heavy atom. The molecule has 0 spiro atoms. The summed E-state index contributed by atoms with van der Waals surface area (Å²) in [5.74, 6) is 1.10. The smallest absolute Gasteiger partial charge is 0.404 e. The van der Waals surface area contributed by atoms with E-state index in [1.807, 2.05) is 0 Å². The molecule has 0 fully saturated rings. The molecule has 5 nitrogen and oxygen atoms in total. The zero-order valence-electron chi connectivity index (χ0n) is 11.1. The first-order valence-corrected chi connectivity index (χ1v) is 6.61. The predicted octanol–water partition coefficient (Wildman–Crippen LogP) is 3.49. The van der Waals surface area contributed by atoms with Crippen molar-refractivity contribution < 1.29 is 9.34 Å². The Kier molecular flexibility index (Phi) is 6.43. The second kappa shape index (κ2) is 7.87. The number of rotatable bonds is 9. The monoisotopic (exact) mass is 254 g/mol. The second-order valence-electron chi connectivity index (χ2n) is 4.54. The SMILES string of the molecule is CCCCC(CC)CNCc1ccc([N+](=O)[O-])o1. The topological polar surface area (TPSA) is 68.3 Å². The van der Waals surface area contributed by atoms with E-state index in [4.69, 9.17) is 4.42 Å². The molecule has 0 aromatic carbocycles. The van der Waals surface area contributed by atoms with Gasteiger partial charge in [0.05, 0.1) is 12.6 Å². The summed E-state index contributed by atoms with van der Waals surface area (Å²) < 4.78 is 5.08. The van der Waals surface area contributed by atoms with Gasteiger partial charge in [0.25, 0.3) is 0 Å². The molecule has 0 aliphatic heterocycles. The molecule has 1 aromatic rings. The summed E-state index contributed by atoms with van der Waals surface area (Å²) in [5.41, 5.74) is 0. The van der Waals surface area contributed by atoms with E-state index in [9.17, 15) is 10.1 Å². The van der Waals surface area contributed by atoms with Gasteiger partial charge >= 0.3 is 5.88 Å². The fourth-order valence-corrected chi connectivity index (χ4v) is 1.90. The van der Waals surface area contributed by atoms with Crippen molar-refractivity contribution >= 4 is 5.88 Å². The van der Waals surface area contributed by atoms with Crippen LogP contribution in [0.5, 0.6) is 0 Å². The van der Waals surface area contributed by atoms with Crippen LogP contribution in [0.1, 0.15) is 45.3 Å². The van der Waals surface area contributed by atoms with Crippen molar-refractivity contribution in [3.05, 3.63) is 28.0 Å². The van der Waals surface area contributed by atoms with Gasteiger partial charge in [-0.25, -0.2) is 0 Å². The number of nitrogens with zero attached hydrogens (tertiary/aromatic N) is 1. The van der Waals surface area contributed by atoms with Gasteiger partial charge in [-0.1, -0.05) is 33.1 Å². The molecule has 1 heterocycles. The molecular formula is C13H22N2O3. The number of unbranched alkanes of at least 4 members (excludes halogenated alkanes) is 1. The second-order valence-corrected chi connectivity index (χ2v) is 4.54. The van der Waals surface area contributed by atoms with Crippen molar-refractivity contribution in [2.75, 3.05) is 6.54 Å². The molecule has 0 aliphatic carbocycles. The summed E-state index contributed by atoms with van der Waals surface area (Å²) in [6.45, 7) is 5.88. The van der Waals surface area contributed by atoms with Crippen molar-refractivity contribution in [1.29, 1.82) is 0 Å². The molecule has 1 unspecified atom stereocenters. The van der Waals surface area contributed by atoms with Crippen LogP contribution in [0, 0.1) is 16.0 Å². The minimum absolute atomic E-state index is 0.190. The average molecular weight is 254 g/mol. The minimum atomic E-state index is -0.514. The number of hydrogen-bond acceptors (Lipinski definition) is 4. The molecule has 18 heavy (non-hydrogen) atoms. The van der Waals surface area contributed by atoms with Crippen LogP contribution in [0.25, 0.3) is 0 Å². The summed E-state index contributed by atoms with van der Waals surface area (Å²) in [6, 6.07) is 3.05. The maximum atomic E-state index is 10.5. The number of furan rings is 1. The zero-order valence-corrected chi connectivity index (χ0v) is 11.1. The lowest BCUT2D eigenvalue weighted by Gasteiger charge is -2.14. The Balaban J connectivity index is 2.28. The highest BCUT2D eigenvalue weighted by Crippen LogP contribution is 2.16. The Morgan fingerprint density at radius 2 is 2.22 bits per heavy atom. The third-order valence-electron chi connectivity index (χ3n) is 3.10. The third-order valence-corrected chi connectivity index (χ3v) is 3.10.